The highest BCUT2D eigenvalue weighted by Crippen LogP contribution is 2.26. The summed E-state index contributed by atoms with van der Waals surface area (Å²) in [7, 11) is -3.43. The standard InChI is InChI=1S/C14H18N4O3S3/c15-13(19)11-9-23-14(17-11)18-5-1-3-10(8-18)7-16-24(20,21)12-4-2-6-22-12/h2,4,6,9-10,16H,1,3,5,7-8H2,(H2,15,19). The van der Waals surface area contributed by atoms with Gasteiger partial charge in [0.25, 0.3) is 5.91 Å². The SMILES string of the molecule is NC(=O)c1csc(N2CCCC(CNS(=O)(=O)c3cccs3)C2)n1. The molecule has 1 aliphatic heterocycles. The number of rotatable bonds is 6. The fourth-order valence-corrected chi connectivity index (χ4v) is 5.65. The normalized spacial score (nSPS) is 18.7. The lowest BCUT2D eigenvalue weighted by molar-refractivity contribution is 0.0996. The van der Waals surface area contributed by atoms with Crippen LogP contribution in [0.3, 0.4) is 0 Å². The molecule has 1 fully saturated rings. The number of nitrogens with two attached hydrogens (primary N) is 1. The van der Waals surface area contributed by atoms with Gasteiger partial charge >= 0.3 is 0 Å². The van der Waals surface area contributed by atoms with E-state index in [4.69, 9.17) is 5.73 Å². The second-order valence-corrected chi connectivity index (χ2v) is 9.40. The maximum Gasteiger partial charge on any atom is 0.268 e. The number of amides is 1. The van der Waals surface area contributed by atoms with Gasteiger partial charge in [0.1, 0.15) is 9.90 Å². The molecule has 1 aliphatic rings. The average molecular weight is 387 g/mol. The van der Waals surface area contributed by atoms with Gasteiger partial charge in [-0.1, -0.05) is 6.07 Å². The van der Waals surface area contributed by atoms with Crippen molar-refractivity contribution in [3.63, 3.8) is 0 Å². The van der Waals surface area contributed by atoms with Crippen LogP contribution in [0.4, 0.5) is 5.13 Å². The van der Waals surface area contributed by atoms with E-state index in [2.05, 4.69) is 14.6 Å². The summed E-state index contributed by atoms with van der Waals surface area (Å²) in [5, 5.41) is 4.16. The summed E-state index contributed by atoms with van der Waals surface area (Å²) in [5.74, 6) is -0.329. The molecular formula is C14H18N4O3S3. The van der Waals surface area contributed by atoms with Gasteiger partial charge in [-0.05, 0) is 30.2 Å². The average Bonchev–Trinajstić information content (AvgIpc) is 3.25. The van der Waals surface area contributed by atoms with Crippen LogP contribution in [-0.4, -0.2) is 38.9 Å². The number of primary amides is 1. The summed E-state index contributed by atoms with van der Waals surface area (Å²) >= 11 is 2.59. The number of thiazole rings is 1. The molecule has 3 N–H and O–H groups in total. The summed E-state index contributed by atoms with van der Waals surface area (Å²) in [6, 6.07) is 3.32. The number of carbonyl (C=O) groups excluding carboxylic acids is 1. The first-order valence-electron chi connectivity index (χ1n) is 7.49. The minimum Gasteiger partial charge on any atom is -0.364 e. The van der Waals surface area contributed by atoms with Gasteiger partial charge in [-0.3, -0.25) is 4.79 Å². The molecular weight excluding hydrogens is 368 g/mol. The number of hydrogen-bond acceptors (Lipinski definition) is 7. The van der Waals surface area contributed by atoms with E-state index in [1.165, 1.54) is 22.7 Å². The molecule has 24 heavy (non-hydrogen) atoms. The van der Waals surface area contributed by atoms with Crippen LogP contribution in [0.5, 0.6) is 0 Å². The van der Waals surface area contributed by atoms with E-state index in [1.807, 2.05) is 0 Å². The van der Waals surface area contributed by atoms with Crippen LogP contribution in [0.25, 0.3) is 0 Å². The molecule has 1 unspecified atom stereocenters. The Hall–Kier alpha value is -1.49. The van der Waals surface area contributed by atoms with Gasteiger partial charge in [0.05, 0.1) is 0 Å². The van der Waals surface area contributed by atoms with Gasteiger partial charge in [-0.2, -0.15) is 0 Å². The molecule has 7 nitrogen and oxygen atoms in total. The number of nitrogens with one attached hydrogen (secondary N) is 1. The van der Waals surface area contributed by atoms with Crippen molar-refractivity contribution in [2.75, 3.05) is 24.5 Å². The quantitative estimate of drug-likeness (QED) is 0.783. The van der Waals surface area contributed by atoms with E-state index in [9.17, 15) is 13.2 Å². The van der Waals surface area contributed by atoms with E-state index < -0.39 is 15.9 Å². The van der Waals surface area contributed by atoms with Crippen molar-refractivity contribution in [1.29, 1.82) is 0 Å². The maximum absolute atomic E-state index is 12.2. The van der Waals surface area contributed by atoms with Gasteiger partial charge in [0.15, 0.2) is 5.13 Å². The number of thiophene rings is 1. The Bertz CT molecular complexity index is 801. The lowest BCUT2D eigenvalue weighted by atomic mass is 9.99. The minimum absolute atomic E-state index is 0.203. The second kappa shape index (κ2) is 7.18. The topological polar surface area (TPSA) is 105 Å². The van der Waals surface area contributed by atoms with Gasteiger partial charge < -0.3 is 10.6 Å². The Kier molecular flexibility index (Phi) is 5.18. The highest BCUT2D eigenvalue weighted by molar-refractivity contribution is 7.91. The third kappa shape index (κ3) is 3.94. The van der Waals surface area contributed by atoms with Crippen LogP contribution in [0, 0.1) is 5.92 Å². The largest absolute Gasteiger partial charge is 0.364 e. The molecule has 130 valence electrons. The predicted octanol–water partition coefficient (Wildman–Crippen LogP) is 1.50. The fraction of sp³-hybridized carbons (Fsp3) is 0.429. The van der Waals surface area contributed by atoms with Gasteiger partial charge in [-0.25, -0.2) is 18.1 Å². The number of sulfonamides is 1. The second-order valence-electron chi connectivity index (χ2n) is 5.62. The lowest BCUT2D eigenvalue weighted by Crippen LogP contribution is -2.40. The molecule has 3 rings (SSSR count). The molecule has 3 heterocycles. The first-order chi connectivity index (χ1) is 11.5. The number of nitrogens with zero attached hydrogens (tertiary/aromatic N) is 2. The van der Waals surface area contributed by atoms with E-state index in [0.29, 0.717) is 17.3 Å². The Balaban J connectivity index is 1.60. The molecule has 1 atom stereocenters. The highest BCUT2D eigenvalue weighted by atomic mass is 32.2. The number of hydrogen-bond donors (Lipinski definition) is 2. The molecule has 1 saturated heterocycles. The lowest BCUT2D eigenvalue weighted by Gasteiger charge is -2.32. The molecule has 0 radical (unpaired) electrons. The Morgan fingerprint density at radius 2 is 2.29 bits per heavy atom. The van der Waals surface area contributed by atoms with Crippen molar-refractivity contribution in [2.45, 2.75) is 17.1 Å². The third-order valence-corrected chi connectivity index (χ3v) is 7.58. The van der Waals surface area contributed by atoms with Crippen LogP contribution in [-0.2, 0) is 10.0 Å². The van der Waals surface area contributed by atoms with Crippen molar-refractivity contribution < 1.29 is 13.2 Å². The molecule has 10 heteroatoms. The first kappa shape index (κ1) is 17.3. The number of anilines is 1. The van der Waals surface area contributed by atoms with Gasteiger partial charge in [0, 0.05) is 25.0 Å². The zero-order chi connectivity index (χ0) is 17.2. The monoisotopic (exact) mass is 386 g/mol. The van der Waals surface area contributed by atoms with Crippen molar-refractivity contribution >= 4 is 43.7 Å². The summed E-state index contributed by atoms with van der Waals surface area (Å²) in [6.07, 6.45) is 1.91. The fourth-order valence-electron chi connectivity index (χ4n) is 2.64. The summed E-state index contributed by atoms with van der Waals surface area (Å²) in [4.78, 5) is 17.5. The number of aromatic nitrogens is 1. The van der Waals surface area contributed by atoms with Crippen molar-refractivity contribution in [1.82, 2.24) is 9.71 Å². The van der Waals surface area contributed by atoms with Gasteiger partial charge in [0.2, 0.25) is 10.0 Å². The predicted molar refractivity (Wildman–Crippen MR) is 95.1 cm³/mol. The molecule has 0 aliphatic carbocycles. The van der Waals surface area contributed by atoms with Crippen molar-refractivity contribution in [2.24, 2.45) is 11.7 Å². The van der Waals surface area contributed by atoms with E-state index in [0.717, 1.165) is 24.5 Å². The Labute approximate surface area is 148 Å². The Morgan fingerprint density at radius 1 is 1.46 bits per heavy atom. The molecule has 2 aromatic rings. The molecule has 0 bridgehead atoms. The molecule has 1 amide bonds. The molecule has 2 aromatic heterocycles. The summed E-state index contributed by atoms with van der Waals surface area (Å²) < 4.78 is 27.4. The van der Waals surface area contributed by atoms with E-state index in [-0.39, 0.29) is 11.6 Å². The zero-order valence-corrected chi connectivity index (χ0v) is 15.3. The third-order valence-electron chi connectivity index (χ3n) is 3.86. The minimum atomic E-state index is -3.43. The smallest absolute Gasteiger partial charge is 0.268 e. The van der Waals surface area contributed by atoms with E-state index >= 15 is 0 Å². The number of piperidine rings is 1. The van der Waals surface area contributed by atoms with E-state index in [1.54, 1.807) is 22.9 Å². The van der Waals surface area contributed by atoms with Crippen molar-refractivity contribution in [3.05, 3.63) is 28.6 Å². The van der Waals surface area contributed by atoms with Crippen LogP contribution < -0.4 is 15.4 Å². The summed E-state index contributed by atoms with van der Waals surface area (Å²) in [5.41, 5.74) is 5.51. The maximum atomic E-state index is 12.2. The highest BCUT2D eigenvalue weighted by Gasteiger charge is 2.24. The van der Waals surface area contributed by atoms with Crippen LogP contribution in [0.15, 0.2) is 27.1 Å². The number of carbonyl (C=O) groups is 1. The molecule has 0 aromatic carbocycles. The molecule has 0 spiro atoms. The van der Waals surface area contributed by atoms with Crippen LogP contribution >= 0.6 is 22.7 Å². The van der Waals surface area contributed by atoms with Gasteiger partial charge in [-0.15, -0.1) is 22.7 Å². The van der Waals surface area contributed by atoms with Crippen LogP contribution in [0.1, 0.15) is 23.3 Å². The zero-order valence-electron chi connectivity index (χ0n) is 12.8. The van der Waals surface area contributed by atoms with Crippen molar-refractivity contribution in [3.8, 4) is 0 Å². The molecule has 0 saturated carbocycles. The first-order valence-corrected chi connectivity index (χ1v) is 10.7. The Morgan fingerprint density at radius 3 is 2.96 bits per heavy atom. The van der Waals surface area contributed by atoms with Crippen LogP contribution in [0.2, 0.25) is 0 Å². The summed E-state index contributed by atoms with van der Waals surface area (Å²) in [6.45, 7) is 1.95.